The Morgan fingerprint density at radius 2 is 1.81 bits per heavy atom. The minimum atomic E-state index is -0.378. The van der Waals surface area contributed by atoms with E-state index in [-0.39, 0.29) is 18.2 Å². The van der Waals surface area contributed by atoms with E-state index in [4.69, 9.17) is 5.73 Å². The van der Waals surface area contributed by atoms with Crippen molar-refractivity contribution in [2.24, 2.45) is 5.73 Å². The third-order valence-electron chi connectivity index (χ3n) is 2.89. The van der Waals surface area contributed by atoms with Gasteiger partial charge in [0, 0.05) is 15.7 Å². The van der Waals surface area contributed by atoms with Crippen LogP contribution < -0.4 is 11.1 Å². The molecule has 2 aromatic rings. The Kier molecular flexibility index (Phi) is 4.75. The normalized spacial score (nSPS) is 10.2. The molecule has 0 bridgehead atoms. The lowest BCUT2D eigenvalue weighted by molar-refractivity contribution is -0.117. The number of halogens is 1. The first-order valence-corrected chi connectivity index (χ1v) is 7.19. The molecule has 5 heteroatoms. The molecule has 0 saturated carbocycles. The van der Waals surface area contributed by atoms with E-state index in [2.05, 4.69) is 21.2 Å². The number of nitrogens with one attached hydrogen (secondary N) is 1. The quantitative estimate of drug-likeness (QED) is 0.892. The van der Waals surface area contributed by atoms with Crippen molar-refractivity contribution in [3.8, 4) is 0 Å². The maximum absolute atomic E-state index is 12.2. The van der Waals surface area contributed by atoms with Crippen LogP contribution in [0.3, 0.4) is 0 Å². The Bertz CT molecular complexity index is 661. The predicted molar refractivity (Wildman–Crippen MR) is 86.2 cm³/mol. The van der Waals surface area contributed by atoms with Crippen molar-refractivity contribution in [2.45, 2.75) is 13.3 Å². The topological polar surface area (TPSA) is 72.2 Å². The highest BCUT2D eigenvalue weighted by Crippen LogP contribution is 2.17. The SMILES string of the molecule is Cc1cc(Br)cc(C(=O)Nc2ccc(CC(N)=O)cc2)c1. The van der Waals surface area contributed by atoms with E-state index in [1.54, 1.807) is 30.3 Å². The first-order chi connectivity index (χ1) is 9.94. The highest BCUT2D eigenvalue weighted by atomic mass is 79.9. The Labute approximate surface area is 131 Å². The molecule has 0 saturated heterocycles. The van der Waals surface area contributed by atoms with Crippen molar-refractivity contribution < 1.29 is 9.59 Å². The number of rotatable bonds is 4. The number of hydrogen-bond acceptors (Lipinski definition) is 2. The van der Waals surface area contributed by atoms with Crippen LogP contribution >= 0.6 is 15.9 Å². The Hall–Kier alpha value is -2.14. The molecule has 0 aliphatic heterocycles. The molecule has 3 N–H and O–H groups in total. The van der Waals surface area contributed by atoms with Crippen molar-refractivity contribution in [3.05, 3.63) is 63.6 Å². The second-order valence-corrected chi connectivity index (χ2v) is 5.73. The fraction of sp³-hybridized carbons (Fsp3) is 0.125. The Morgan fingerprint density at radius 1 is 1.14 bits per heavy atom. The van der Waals surface area contributed by atoms with Gasteiger partial charge < -0.3 is 11.1 Å². The van der Waals surface area contributed by atoms with E-state index >= 15 is 0 Å². The molecule has 2 rings (SSSR count). The molecule has 0 spiro atoms. The lowest BCUT2D eigenvalue weighted by Crippen LogP contribution is -2.14. The molecule has 4 nitrogen and oxygen atoms in total. The number of aryl methyl sites for hydroxylation is 1. The smallest absolute Gasteiger partial charge is 0.255 e. The summed E-state index contributed by atoms with van der Waals surface area (Å²) in [5.74, 6) is -0.557. The van der Waals surface area contributed by atoms with E-state index in [1.165, 1.54) is 0 Å². The van der Waals surface area contributed by atoms with Gasteiger partial charge in [0.1, 0.15) is 0 Å². The van der Waals surface area contributed by atoms with Crippen LogP contribution in [0, 0.1) is 6.92 Å². The number of carbonyl (C=O) groups is 2. The summed E-state index contributed by atoms with van der Waals surface area (Å²) in [6.45, 7) is 1.93. The zero-order valence-corrected chi connectivity index (χ0v) is 13.1. The van der Waals surface area contributed by atoms with Crippen molar-refractivity contribution in [3.63, 3.8) is 0 Å². The Morgan fingerprint density at radius 3 is 2.38 bits per heavy atom. The van der Waals surface area contributed by atoms with Crippen LogP contribution in [-0.2, 0) is 11.2 Å². The lowest BCUT2D eigenvalue weighted by atomic mass is 10.1. The highest BCUT2D eigenvalue weighted by molar-refractivity contribution is 9.10. The molecule has 0 fully saturated rings. The summed E-state index contributed by atoms with van der Waals surface area (Å²) in [5.41, 5.74) is 8.22. The molecule has 0 aromatic heterocycles. The summed E-state index contributed by atoms with van der Waals surface area (Å²) in [6, 6.07) is 12.6. The molecule has 0 unspecified atom stereocenters. The van der Waals surface area contributed by atoms with E-state index in [1.807, 2.05) is 19.1 Å². The average Bonchev–Trinajstić information content (AvgIpc) is 2.39. The third-order valence-corrected chi connectivity index (χ3v) is 3.35. The molecule has 0 heterocycles. The lowest BCUT2D eigenvalue weighted by Gasteiger charge is -2.07. The van der Waals surface area contributed by atoms with Gasteiger partial charge >= 0.3 is 0 Å². The minimum Gasteiger partial charge on any atom is -0.369 e. The number of benzene rings is 2. The van der Waals surface area contributed by atoms with Gasteiger partial charge in [0.2, 0.25) is 5.91 Å². The van der Waals surface area contributed by atoms with Gasteiger partial charge in [-0.15, -0.1) is 0 Å². The van der Waals surface area contributed by atoms with E-state index < -0.39 is 0 Å². The van der Waals surface area contributed by atoms with E-state index in [9.17, 15) is 9.59 Å². The van der Waals surface area contributed by atoms with E-state index in [0.717, 1.165) is 15.6 Å². The molecule has 0 atom stereocenters. The van der Waals surface area contributed by atoms with Gasteiger partial charge in [0.25, 0.3) is 5.91 Å². The van der Waals surface area contributed by atoms with Crippen LogP contribution in [0.1, 0.15) is 21.5 Å². The fourth-order valence-corrected chi connectivity index (χ4v) is 2.59. The molecule has 21 heavy (non-hydrogen) atoms. The number of primary amides is 1. The Balaban J connectivity index is 2.10. The summed E-state index contributed by atoms with van der Waals surface area (Å²) < 4.78 is 0.865. The summed E-state index contributed by atoms with van der Waals surface area (Å²) >= 11 is 3.38. The molecule has 0 radical (unpaired) electrons. The van der Waals surface area contributed by atoms with Crippen molar-refractivity contribution in [1.82, 2.24) is 0 Å². The standard InChI is InChI=1S/C16H15BrN2O2/c1-10-6-12(9-13(17)7-10)16(21)19-14-4-2-11(3-5-14)8-15(18)20/h2-7,9H,8H2,1H3,(H2,18,20)(H,19,21). The average molecular weight is 347 g/mol. The molecule has 2 aromatic carbocycles. The largest absolute Gasteiger partial charge is 0.369 e. The zero-order chi connectivity index (χ0) is 15.4. The molecule has 0 aliphatic rings. The van der Waals surface area contributed by atoms with Gasteiger partial charge in [0.15, 0.2) is 0 Å². The number of carbonyl (C=O) groups excluding carboxylic acids is 2. The summed E-state index contributed by atoms with van der Waals surface area (Å²) in [7, 11) is 0. The van der Waals surface area contributed by atoms with Crippen LogP contribution in [0.5, 0.6) is 0 Å². The molecule has 108 valence electrons. The number of hydrogen-bond donors (Lipinski definition) is 2. The first kappa shape index (κ1) is 15.3. The predicted octanol–water partition coefficient (Wildman–Crippen LogP) is 3.04. The minimum absolute atomic E-state index is 0.179. The molecule has 0 aliphatic carbocycles. The van der Waals surface area contributed by atoms with Gasteiger partial charge in [0.05, 0.1) is 6.42 Å². The molecule has 2 amide bonds. The fourth-order valence-electron chi connectivity index (χ4n) is 1.98. The van der Waals surface area contributed by atoms with Gasteiger partial charge in [-0.2, -0.15) is 0 Å². The summed E-state index contributed by atoms with van der Waals surface area (Å²) in [4.78, 5) is 23.0. The second kappa shape index (κ2) is 6.54. The van der Waals surface area contributed by atoms with Crippen molar-refractivity contribution >= 4 is 33.4 Å². The van der Waals surface area contributed by atoms with E-state index in [0.29, 0.717) is 11.3 Å². The number of amides is 2. The van der Waals surface area contributed by atoms with Crippen molar-refractivity contribution in [1.29, 1.82) is 0 Å². The van der Waals surface area contributed by atoms with Gasteiger partial charge in [-0.1, -0.05) is 28.1 Å². The van der Waals surface area contributed by atoms with Crippen LogP contribution in [-0.4, -0.2) is 11.8 Å². The van der Waals surface area contributed by atoms with Crippen molar-refractivity contribution in [2.75, 3.05) is 5.32 Å². The van der Waals surface area contributed by atoms with Gasteiger partial charge in [-0.3, -0.25) is 9.59 Å². The highest BCUT2D eigenvalue weighted by Gasteiger charge is 2.08. The monoisotopic (exact) mass is 346 g/mol. The van der Waals surface area contributed by atoms with Crippen LogP contribution in [0.4, 0.5) is 5.69 Å². The third kappa shape index (κ3) is 4.43. The summed E-state index contributed by atoms with van der Waals surface area (Å²) in [5, 5.41) is 2.82. The molecular weight excluding hydrogens is 332 g/mol. The van der Waals surface area contributed by atoms with Gasteiger partial charge in [-0.05, 0) is 48.4 Å². The summed E-state index contributed by atoms with van der Waals surface area (Å²) in [6.07, 6.45) is 0.194. The van der Waals surface area contributed by atoms with Crippen LogP contribution in [0.25, 0.3) is 0 Å². The second-order valence-electron chi connectivity index (χ2n) is 4.81. The van der Waals surface area contributed by atoms with Crippen LogP contribution in [0.2, 0.25) is 0 Å². The molecular formula is C16H15BrN2O2. The maximum atomic E-state index is 12.2. The number of nitrogens with two attached hydrogens (primary N) is 1. The first-order valence-electron chi connectivity index (χ1n) is 6.40. The zero-order valence-electron chi connectivity index (χ0n) is 11.5. The van der Waals surface area contributed by atoms with Gasteiger partial charge in [-0.25, -0.2) is 0 Å². The maximum Gasteiger partial charge on any atom is 0.255 e. The van der Waals surface area contributed by atoms with Crippen LogP contribution in [0.15, 0.2) is 46.9 Å². The number of anilines is 1.